The summed E-state index contributed by atoms with van der Waals surface area (Å²) in [6, 6.07) is 10.4. The maximum Gasteiger partial charge on any atom is 0.232 e. The van der Waals surface area contributed by atoms with Crippen LogP contribution < -0.4 is 14.4 Å². The Balaban J connectivity index is 1.51. The van der Waals surface area contributed by atoms with Crippen molar-refractivity contribution in [2.45, 2.75) is 19.4 Å². The fraction of sp³-hybridized carbons (Fsp3) is 0.364. The van der Waals surface area contributed by atoms with Gasteiger partial charge in [-0.15, -0.1) is 10.2 Å². The maximum atomic E-state index is 13.5. The van der Waals surface area contributed by atoms with Gasteiger partial charge < -0.3 is 19.1 Å². The van der Waals surface area contributed by atoms with Crippen LogP contribution in [0.5, 0.6) is 11.5 Å². The van der Waals surface area contributed by atoms with Gasteiger partial charge in [0.15, 0.2) is 17.3 Å². The van der Waals surface area contributed by atoms with E-state index in [0.717, 1.165) is 23.7 Å². The van der Waals surface area contributed by atoms with E-state index in [1.54, 1.807) is 13.2 Å². The van der Waals surface area contributed by atoms with Crippen LogP contribution in [0.15, 0.2) is 36.4 Å². The molecule has 1 aromatic heterocycles. The summed E-state index contributed by atoms with van der Waals surface area (Å²) in [4.78, 5) is 2.19. The minimum Gasteiger partial charge on any atom is -0.454 e. The number of halogens is 2. The maximum absolute atomic E-state index is 13.5. The van der Waals surface area contributed by atoms with Crippen LogP contribution in [0.4, 0.5) is 10.3 Å². The highest BCUT2D eigenvalue weighted by Crippen LogP contribution is 2.39. The molecule has 0 radical (unpaired) electrons. The summed E-state index contributed by atoms with van der Waals surface area (Å²) >= 11 is 6.36. The first-order valence-corrected chi connectivity index (χ1v) is 10.5. The molecular formula is C22H22ClFN4O3. The molecule has 0 bridgehead atoms. The van der Waals surface area contributed by atoms with Crippen molar-refractivity contribution in [3.05, 3.63) is 58.6 Å². The molecule has 3 heterocycles. The van der Waals surface area contributed by atoms with Crippen molar-refractivity contribution in [1.29, 1.82) is 0 Å². The van der Waals surface area contributed by atoms with Gasteiger partial charge >= 0.3 is 0 Å². The molecule has 2 aliphatic heterocycles. The van der Waals surface area contributed by atoms with Crippen LogP contribution in [-0.2, 0) is 11.3 Å². The van der Waals surface area contributed by atoms with Gasteiger partial charge in [-0.2, -0.15) is 0 Å². The highest BCUT2D eigenvalue weighted by Gasteiger charge is 2.35. The number of aromatic nitrogens is 3. The lowest BCUT2D eigenvalue weighted by molar-refractivity contribution is 0.173. The molecule has 0 amide bonds. The van der Waals surface area contributed by atoms with Crippen LogP contribution >= 0.6 is 11.6 Å². The minimum atomic E-state index is -0.331. The number of hydrogen-bond acceptors (Lipinski definition) is 6. The van der Waals surface area contributed by atoms with Crippen LogP contribution in [0, 0.1) is 11.7 Å². The summed E-state index contributed by atoms with van der Waals surface area (Å²) in [5.41, 5.74) is 1.82. The SMILES string of the molecule is COCc1nnc(N2CC(c3ccc(F)cc3Cl)[C@@H](C)C2)n1-c1ccc2c(c1)OCO2. The molecule has 2 aromatic carbocycles. The van der Waals surface area contributed by atoms with E-state index in [4.69, 9.17) is 25.8 Å². The highest BCUT2D eigenvalue weighted by molar-refractivity contribution is 6.31. The van der Waals surface area contributed by atoms with Gasteiger partial charge in [-0.3, -0.25) is 4.57 Å². The molecule has 0 saturated carbocycles. The fourth-order valence-electron chi connectivity index (χ4n) is 4.36. The molecule has 5 rings (SSSR count). The van der Waals surface area contributed by atoms with Crippen molar-refractivity contribution in [3.63, 3.8) is 0 Å². The molecule has 2 atom stereocenters. The van der Waals surface area contributed by atoms with E-state index in [0.29, 0.717) is 41.4 Å². The molecule has 1 fully saturated rings. The van der Waals surface area contributed by atoms with Crippen LogP contribution in [-0.4, -0.2) is 41.8 Å². The Morgan fingerprint density at radius 2 is 1.97 bits per heavy atom. The van der Waals surface area contributed by atoms with Crippen LogP contribution in [0.2, 0.25) is 5.02 Å². The van der Waals surface area contributed by atoms with Crippen molar-refractivity contribution >= 4 is 17.5 Å². The van der Waals surface area contributed by atoms with E-state index in [1.165, 1.54) is 12.1 Å². The fourth-order valence-corrected chi connectivity index (χ4v) is 4.67. The third-order valence-corrected chi connectivity index (χ3v) is 6.19. The summed E-state index contributed by atoms with van der Waals surface area (Å²) in [6.07, 6.45) is 0. The molecule has 0 N–H and O–H groups in total. The third kappa shape index (κ3) is 3.59. The van der Waals surface area contributed by atoms with Crippen molar-refractivity contribution in [3.8, 4) is 17.2 Å². The van der Waals surface area contributed by atoms with E-state index in [9.17, 15) is 4.39 Å². The first-order chi connectivity index (χ1) is 15.0. The molecule has 162 valence electrons. The summed E-state index contributed by atoms with van der Waals surface area (Å²) in [5, 5.41) is 9.31. The van der Waals surface area contributed by atoms with E-state index in [2.05, 4.69) is 22.0 Å². The molecule has 0 aliphatic carbocycles. The molecule has 9 heteroatoms. The van der Waals surface area contributed by atoms with Gasteiger partial charge in [0, 0.05) is 37.2 Å². The predicted octanol–water partition coefficient (Wildman–Crippen LogP) is 4.17. The lowest BCUT2D eigenvalue weighted by Gasteiger charge is -2.20. The second-order valence-corrected chi connectivity index (χ2v) is 8.28. The molecule has 1 saturated heterocycles. The summed E-state index contributed by atoms with van der Waals surface area (Å²) in [6.45, 7) is 4.17. The van der Waals surface area contributed by atoms with Crippen molar-refractivity contribution in [2.75, 3.05) is 31.9 Å². The number of methoxy groups -OCH3 is 1. The monoisotopic (exact) mass is 444 g/mol. The number of hydrogen-bond donors (Lipinski definition) is 0. The Morgan fingerprint density at radius 1 is 1.13 bits per heavy atom. The summed E-state index contributed by atoms with van der Waals surface area (Å²) < 4.78 is 31.9. The van der Waals surface area contributed by atoms with E-state index in [-0.39, 0.29) is 18.5 Å². The van der Waals surface area contributed by atoms with Gasteiger partial charge in [0.05, 0.1) is 5.69 Å². The van der Waals surface area contributed by atoms with E-state index in [1.807, 2.05) is 22.8 Å². The summed E-state index contributed by atoms with van der Waals surface area (Å²) in [5.74, 6) is 2.93. The van der Waals surface area contributed by atoms with Crippen LogP contribution in [0.1, 0.15) is 24.2 Å². The quantitative estimate of drug-likeness (QED) is 0.588. The molecule has 1 unspecified atom stereocenters. The number of ether oxygens (including phenoxy) is 3. The van der Waals surface area contributed by atoms with Crippen molar-refractivity contribution in [2.24, 2.45) is 5.92 Å². The van der Waals surface area contributed by atoms with Crippen molar-refractivity contribution < 1.29 is 18.6 Å². The minimum absolute atomic E-state index is 0.154. The van der Waals surface area contributed by atoms with Gasteiger partial charge in [0.25, 0.3) is 0 Å². The Hall–Kier alpha value is -2.84. The Bertz CT molecular complexity index is 1120. The summed E-state index contributed by atoms with van der Waals surface area (Å²) in [7, 11) is 1.63. The third-order valence-electron chi connectivity index (χ3n) is 5.86. The number of nitrogens with zero attached hydrogens (tertiary/aromatic N) is 4. The van der Waals surface area contributed by atoms with Gasteiger partial charge in [-0.1, -0.05) is 24.6 Å². The number of anilines is 1. The highest BCUT2D eigenvalue weighted by atomic mass is 35.5. The Morgan fingerprint density at radius 3 is 2.77 bits per heavy atom. The molecule has 0 spiro atoms. The number of fused-ring (bicyclic) bond motifs is 1. The lowest BCUT2D eigenvalue weighted by Crippen LogP contribution is -2.24. The zero-order valence-electron chi connectivity index (χ0n) is 17.2. The van der Waals surface area contributed by atoms with Gasteiger partial charge in [0.2, 0.25) is 12.7 Å². The molecule has 3 aromatic rings. The molecular weight excluding hydrogens is 423 g/mol. The average Bonchev–Trinajstić information content (AvgIpc) is 3.46. The molecule has 7 nitrogen and oxygen atoms in total. The predicted molar refractivity (Wildman–Crippen MR) is 114 cm³/mol. The lowest BCUT2D eigenvalue weighted by atomic mass is 9.90. The van der Waals surface area contributed by atoms with E-state index < -0.39 is 0 Å². The second kappa shape index (κ2) is 8.01. The average molecular weight is 445 g/mol. The first kappa shape index (κ1) is 20.1. The van der Waals surface area contributed by atoms with E-state index >= 15 is 0 Å². The first-order valence-electron chi connectivity index (χ1n) is 10.1. The smallest absolute Gasteiger partial charge is 0.232 e. The Labute approximate surface area is 184 Å². The van der Waals surface area contributed by atoms with Crippen molar-refractivity contribution in [1.82, 2.24) is 14.8 Å². The normalized spacial score (nSPS) is 19.9. The van der Waals surface area contributed by atoms with Gasteiger partial charge in [-0.25, -0.2) is 4.39 Å². The molecule has 31 heavy (non-hydrogen) atoms. The Kier molecular flexibility index (Phi) is 5.19. The zero-order valence-corrected chi connectivity index (χ0v) is 18.0. The standard InChI is InChI=1S/C22H22ClFN4O3/c1-13-9-27(10-17(13)16-5-3-14(24)7-18(16)23)22-26-25-21(11-29-2)28(22)15-4-6-19-20(8-15)31-12-30-19/h3-8,13,17H,9-12H2,1-2H3/t13-,17?/m0/s1. The van der Waals surface area contributed by atoms with Crippen LogP contribution in [0.25, 0.3) is 5.69 Å². The zero-order chi connectivity index (χ0) is 21.5. The van der Waals surface area contributed by atoms with Gasteiger partial charge in [-0.05, 0) is 35.7 Å². The largest absolute Gasteiger partial charge is 0.454 e. The topological polar surface area (TPSA) is 61.6 Å². The molecule has 2 aliphatic rings. The number of benzene rings is 2. The van der Waals surface area contributed by atoms with Gasteiger partial charge in [0.1, 0.15) is 12.4 Å². The van der Waals surface area contributed by atoms with Crippen LogP contribution in [0.3, 0.4) is 0 Å². The second-order valence-electron chi connectivity index (χ2n) is 7.88. The number of rotatable bonds is 5.